The van der Waals surface area contributed by atoms with Crippen LogP contribution in [0.2, 0.25) is 0 Å². The van der Waals surface area contributed by atoms with Crippen molar-refractivity contribution in [3.63, 3.8) is 0 Å². The topological polar surface area (TPSA) is 12.4 Å². The van der Waals surface area contributed by atoms with Gasteiger partial charge in [-0.15, -0.1) is 0 Å². The molecule has 0 amide bonds. The van der Waals surface area contributed by atoms with Gasteiger partial charge in [0, 0.05) is 6.54 Å². The van der Waals surface area contributed by atoms with Crippen LogP contribution in [0.15, 0.2) is 63.5 Å². The molecule has 0 bridgehead atoms. The van der Waals surface area contributed by atoms with Gasteiger partial charge in [0.25, 0.3) is 0 Å². The summed E-state index contributed by atoms with van der Waals surface area (Å²) < 4.78 is 13.9. The highest BCUT2D eigenvalue weighted by atomic mass is 19.1. The maximum Gasteiger partial charge on any atom is 0.143 e. The molecule has 0 heterocycles. The van der Waals surface area contributed by atoms with Crippen molar-refractivity contribution >= 4 is 6.21 Å². The molecule has 0 saturated carbocycles. The van der Waals surface area contributed by atoms with Gasteiger partial charge in [-0.2, -0.15) is 0 Å². The molecule has 0 aliphatic heterocycles. The predicted octanol–water partition coefficient (Wildman–Crippen LogP) is 7.69. The first-order valence-electron chi connectivity index (χ1n) is 9.87. The highest BCUT2D eigenvalue weighted by molar-refractivity contribution is 5.77. The van der Waals surface area contributed by atoms with Gasteiger partial charge in [0.2, 0.25) is 0 Å². The first-order chi connectivity index (χ1) is 12.3. The van der Waals surface area contributed by atoms with Crippen molar-refractivity contribution < 1.29 is 4.39 Å². The molecular formula is C24H36FN. The fourth-order valence-corrected chi connectivity index (χ4v) is 3.20. The van der Waals surface area contributed by atoms with Crippen LogP contribution in [0.4, 0.5) is 4.39 Å². The molecule has 0 unspecified atom stereocenters. The van der Waals surface area contributed by atoms with Crippen LogP contribution in [0, 0.1) is 5.41 Å². The van der Waals surface area contributed by atoms with Crippen molar-refractivity contribution in [1.29, 1.82) is 0 Å². The SMILES string of the molecule is CCCCN=C\C(F)=C(C)/C=C/C=C(C)\C=C\C1=C(C)CCCC1(C)C. The van der Waals surface area contributed by atoms with E-state index in [-0.39, 0.29) is 11.2 Å². The average molecular weight is 358 g/mol. The number of hydrogen-bond donors (Lipinski definition) is 0. The smallest absolute Gasteiger partial charge is 0.143 e. The zero-order valence-electron chi connectivity index (χ0n) is 17.5. The Kier molecular flexibility index (Phi) is 9.54. The molecule has 0 atom stereocenters. The Bertz CT molecular complexity index is 639. The molecule has 1 rings (SSSR count). The van der Waals surface area contributed by atoms with Gasteiger partial charge in [-0.25, -0.2) is 4.39 Å². The molecule has 0 aromatic heterocycles. The highest BCUT2D eigenvalue weighted by Gasteiger charge is 2.26. The summed E-state index contributed by atoms with van der Waals surface area (Å²) in [6.45, 7) is 13.5. The quantitative estimate of drug-likeness (QED) is 0.240. The van der Waals surface area contributed by atoms with Crippen molar-refractivity contribution in [2.24, 2.45) is 10.4 Å². The van der Waals surface area contributed by atoms with Crippen molar-refractivity contribution in [2.45, 2.75) is 73.6 Å². The Labute approximate surface area is 160 Å². The second-order valence-electron chi connectivity index (χ2n) is 7.95. The Hall–Kier alpha value is -1.70. The van der Waals surface area contributed by atoms with Crippen LogP contribution in [0.1, 0.15) is 73.6 Å². The molecular weight excluding hydrogens is 321 g/mol. The molecule has 0 saturated heterocycles. The first kappa shape index (κ1) is 22.3. The maximum atomic E-state index is 13.9. The Morgan fingerprint density at radius 2 is 1.96 bits per heavy atom. The predicted molar refractivity (Wildman–Crippen MR) is 114 cm³/mol. The van der Waals surface area contributed by atoms with Gasteiger partial charge in [0.05, 0.1) is 6.21 Å². The van der Waals surface area contributed by atoms with Gasteiger partial charge in [-0.3, -0.25) is 4.99 Å². The number of halogens is 1. The molecule has 0 radical (unpaired) electrons. The number of rotatable bonds is 8. The molecule has 0 spiro atoms. The lowest BCUT2D eigenvalue weighted by atomic mass is 9.72. The first-order valence-corrected chi connectivity index (χ1v) is 9.87. The van der Waals surface area contributed by atoms with E-state index in [0.29, 0.717) is 12.1 Å². The van der Waals surface area contributed by atoms with E-state index < -0.39 is 0 Å². The van der Waals surface area contributed by atoms with E-state index in [4.69, 9.17) is 0 Å². The van der Waals surface area contributed by atoms with Crippen LogP contribution in [0.3, 0.4) is 0 Å². The zero-order valence-corrected chi connectivity index (χ0v) is 17.5. The zero-order chi connectivity index (χ0) is 19.6. The number of unbranched alkanes of at least 4 members (excludes halogenated alkanes) is 1. The van der Waals surface area contributed by atoms with Gasteiger partial charge < -0.3 is 0 Å². The Morgan fingerprint density at radius 3 is 2.62 bits per heavy atom. The van der Waals surface area contributed by atoms with Crippen molar-refractivity contribution in [3.05, 3.63) is 58.5 Å². The number of nitrogens with zero attached hydrogens (tertiary/aromatic N) is 1. The van der Waals surface area contributed by atoms with E-state index in [0.717, 1.165) is 18.4 Å². The summed E-state index contributed by atoms with van der Waals surface area (Å²) in [5, 5.41) is 0. The molecule has 2 heteroatoms. The average Bonchev–Trinajstić information content (AvgIpc) is 2.57. The summed E-state index contributed by atoms with van der Waals surface area (Å²) in [7, 11) is 0. The second-order valence-corrected chi connectivity index (χ2v) is 7.95. The summed E-state index contributed by atoms with van der Waals surface area (Å²) in [4.78, 5) is 4.10. The number of allylic oxidation sites excluding steroid dienone is 10. The summed E-state index contributed by atoms with van der Waals surface area (Å²) in [6, 6.07) is 0. The second kappa shape index (κ2) is 11.1. The van der Waals surface area contributed by atoms with Gasteiger partial charge in [0.15, 0.2) is 0 Å². The van der Waals surface area contributed by atoms with Crippen molar-refractivity contribution in [1.82, 2.24) is 0 Å². The van der Waals surface area contributed by atoms with Crippen LogP contribution in [-0.2, 0) is 0 Å². The third-order valence-electron chi connectivity index (χ3n) is 4.98. The summed E-state index contributed by atoms with van der Waals surface area (Å²) >= 11 is 0. The molecule has 144 valence electrons. The molecule has 1 nitrogen and oxygen atoms in total. The van der Waals surface area contributed by atoms with E-state index in [1.54, 1.807) is 13.0 Å². The molecule has 1 aliphatic rings. The minimum Gasteiger partial charge on any atom is -0.290 e. The lowest BCUT2D eigenvalue weighted by Crippen LogP contribution is -2.19. The lowest BCUT2D eigenvalue weighted by molar-refractivity contribution is 0.377. The van der Waals surface area contributed by atoms with Gasteiger partial charge in [-0.1, -0.05) is 68.7 Å². The number of aliphatic imine (C=N–C) groups is 1. The van der Waals surface area contributed by atoms with Crippen molar-refractivity contribution in [2.75, 3.05) is 6.54 Å². The molecule has 0 aromatic rings. The number of hydrogen-bond acceptors (Lipinski definition) is 1. The Morgan fingerprint density at radius 1 is 1.23 bits per heavy atom. The van der Waals surface area contributed by atoms with E-state index in [1.165, 1.54) is 36.6 Å². The minimum absolute atomic E-state index is 0.258. The molecule has 26 heavy (non-hydrogen) atoms. The summed E-state index contributed by atoms with van der Waals surface area (Å²) in [5.74, 6) is -0.260. The summed E-state index contributed by atoms with van der Waals surface area (Å²) in [5.41, 5.74) is 4.99. The minimum atomic E-state index is -0.260. The lowest BCUT2D eigenvalue weighted by Gasteiger charge is -2.32. The Balaban J connectivity index is 2.73. The molecule has 0 aromatic carbocycles. The maximum absolute atomic E-state index is 13.9. The van der Waals surface area contributed by atoms with Crippen molar-refractivity contribution in [3.8, 4) is 0 Å². The summed E-state index contributed by atoms with van der Waals surface area (Å²) in [6.07, 6.45) is 17.3. The molecule has 1 aliphatic carbocycles. The third kappa shape index (κ3) is 7.68. The van der Waals surface area contributed by atoms with E-state index in [2.05, 4.69) is 51.8 Å². The normalized spacial score (nSPS) is 19.9. The van der Waals surface area contributed by atoms with Gasteiger partial charge in [-0.05, 0) is 63.0 Å². The van der Waals surface area contributed by atoms with Gasteiger partial charge >= 0.3 is 0 Å². The fourth-order valence-electron chi connectivity index (χ4n) is 3.20. The van der Waals surface area contributed by atoms with Gasteiger partial charge in [0.1, 0.15) is 5.83 Å². The van der Waals surface area contributed by atoms with E-state index in [1.807, 2.05) is 12.2 Å². The van der Waals surface area contributed by atoms with Crippen LogP contribution in [0.5, 0.6) is 0 Å². The fraction of sp³-hybridized carbons (Fsp3) is 0.542. The van der Waals surface area contributed by atoms with E-state index in [9.17, 15) is 4.39 Å². The van der Waals surface area contributed by atoms with Crippen LogP contribution in [-0.4, -0.2) is 12.8 Å². The highest BCUT2D eigenvalue weighted by Crippen LogP contribution is 2.40. The van der Waals surface area contributed by atoms with Crippen LogP contribution < -0.4 is 0 Å². The third-order valence-corrected chi connectivity index (χ3v) is 4.98. The molecule has 0 fully saturated rings. The largest absolute Gasteiger partial charge is 0.290 e. The van der Waals surface area contributed by atoms with Crippen LogP contribution in [0.25, 0.3) is 0 Å². The standard InChI is InChI=1S/C24H36FN/c1-7-8-17-26-18-23(25)21(4)12-9-11-19(2)14-15-22-20(3)13-10-16-24(22,5)6/h9,11-12,14-15,18H,7-8,10,13,16-17H2,1-6H3/b12-9+,15-14+,19-11-,23-21+,26-18?. The monoisotopic (exact) mass is 357 g/mol. The molecule has 0 N–H and O–H groups in total. The van der Waals surface area contributed by atoms with E-state index >= 15 is 0 Å². The van der Waals surface area contributed by atoms with Crippen LogP contribution >= 0.6 is 0 Å².